The van der Waals surface area contributed by atoms with Crippen molar-refractivity contribution in [3.63, 3.8) is 0 Å². The van der Waals surface area contributed by atoms with Crippen LogP contribution in [0.3, 0.4) is 0 Å². The number of aliphatic carboxylic acids is 1. The van der Waals surface area contributed by atoms with Gasteiger partial charge in [0, 0.05) is 6.92 Å². The first kappa shape index (κ1) is 12.6. The van der Waals surface area contributed by atoms with Crippen molar-refractivity contribution in [1.29, 1.82) is 0 Å². The van der Waals surface area contributed by atoms with Crippen LogP contribution in [0.15, 0.2) is 4.52 Å². The lowest BCUT2D eigenvalue weighted by Gasteiger charge is -2.27. The van der Waals surface area contributed by atoms with Gasteiger partial charge in [0.2, 0.25) is 5.89 Å². The minimum Gasteiger partial charge on any atom is -0.480 e. The Labute approximate surface area is 94.0 Å². The van der Waals surface area contributed by atoms with E-state index in [0.717, 1.165) is 0 Å². The molecule has 0 aliphatic heterocycles. The Hall–Kier alpha value is -1.43. The van der Waals surface area contributed by atoms with Gasteiger partial charge in [-0.1, -0.05) is 19.0 Å². The highest BCUT2D eigenvalue weighted by atomic mass is 16.5. The van der Waals surface area contributed by atoms with Crippen molar-refractivity contribution in [3.8, 4) is 0 Å². The smallest absolute Gasteiger partial charge is 0.323 e. The van der Waals surface area contributed by atoms with E-state index in [1.54, 1.807) is 6.92 Å². The molecule has 0 spiro atoms. The Morgan fingerprint density at radius 2 is 2.12 bits per heavy atom. The second-order valence-corrected chi connectivity index (χ2v) is 3.68. The molecule has 2 N–H and O–H groups in total. The summed E-state index contributed by atoms with van der Waals surface area (Å²) in [5.74, 6) is 0.105. The second-order valence-electron chi connectivity index (χ2n) is 3.68. The first-order chi connectivity index (χ1) is 7.54. The highest BCUT2D eigenvalue weighted by Gasteiger charge is 2.34. The lowest BCUT2D eigenvalue weighted by atomic mass is 9.93. The highest BCUT2D eigenvalue weighted by molar-refractivity contribution is 5.78. The molecule has 1 aromatic rings. The van der Waals surface area contributed by atoms with Crippen molar-refractivity contribution in [3.05, 3.63) is 11.7 Å². The maximum absolute atomic E-state index is 11.2. The number of rotatable bonds is 6. The van der Waals surface area contributed by atoms with E-state index < -0.39 is 11.5 Å². The molecule has 1 rings (SSSR count). The molecular formula is C10H17N3O3. The van der Waals surface area contributed by atoms with Crippen LogP contribution < -0.4 is 5.32 Å². The van der Waals surface area contributed by atoms with Crippen LogP contribution >= 0.6 is 0 Å². The van der Waals surface area contributed by atoms with E-state index in [1.807, 2.05) is 13.8 Å². The van der Waals surface area contributed by atoms with Crippen molar-refractivity contribution in [2.45, 2.75) is 45.7 Å². The summed E-state index contributed by atoms with van der Waals surface area (Å²) in [5, 5.41) is 15.9. The Balaban J connectivity index is 2.67. The lowest BCUT2D eigenvalue weighted by molar-refractivity contribution is -0.145. The summed E-state index contributed by atoms with van der Waals surface area (Å²) < 4.78 is 4.81. The molecule has 6 nitrogen and oxygen atoms in total. The lowest BCUT2D eigenvalue weighted by Crippen LogP contribution is -2.50. The molecule has 0 saturated carbocycles. The molecule has 0 unspecified atom stereocenters. The number of carbonyl (C=O) groups is 1. The largest absolute Gasteiger partial charge is 0.480 e. The van der Waals surface area contributed by atoms with E-state index in [4.69, 9.17) is 4.52 Å². The first-order valence-electron chi connectivity index (χ1n) is 5.31. The topological polar surface area (TPSA) is 88.3 Å². The van der Waals surface area contributed by atoms with Gasteiger partial charge in [-0.2, -0.15) is 4.98 Å². The molecule has 1 heterocycles. The van der Waals surface area contributed by atoms with Crippen LogP contribution in [0.2, 0.25) is 0 Å². The minimum atomic E-state index is -0.908. The number of nitrogens with one attached hydrogen (secondary N) is 1. The molecule has 6 heteroatoms. The third kappa shape index (κ3) is 2.57. The van der Waals surface area contributed by atoms with Crippen molar-refractivity contribution in [1.82, 2.24) is 15.5 Å². The van der Waals surface area contributed by atoms with E-state index in [9.17, 15) is 9.90 Å². The van der Waals surface area contributed by atoms with Gasteiger partial charge in [-0.25, -0.2) is 0 Å². The number of carboxylic acids is 1. The molecule has 90 valence electrons. The molecule has 0 atom stereocenters. The molecule has 16 heavy (non-hydrogen) atoms. The standard InChI is InChI=1S/C10H17N3O3/c1-4-10(5-2,9(14)15)11-6-8-12-7(3)16-13-8/h11H,4-6H2,1-3H3,(H,14,15). The minimum absolute atomic E-state index is 0.297. The van der Waals surface area contributed by atoms with Crippen LogP contribution in [0.1, 0.15) is 38.4 Å². The van der Waals surface area contributed by atoms with E-state index >= 15 is 0 Å². The summed E-state index contributed by atoms with van der Waals surface area (Å²) in [4.78, 5) is 15.2. The normalized spacial score (nSPS) is 11.7. The van der Waals surface area contributed by atoms with Gasteiger partial charge in [0.15, 0.2) is 5.82 Å². The monoisotopic (exact) mass is 227 g/mol. The Kier molecular flexibility index (Phi) is 4.00. The second kappa shape index (κ2) is 5.07. The fourth-order valence-corrected chi connectivity index (χ4v) is 1.54. The molecule has 0 amide bonds. The van der Waals surface area contributed by atoms with E-state index in [0.29, 0.717) is 31.1 Å². The molecule has 0 fully saturated rings. The Morgan fingerprint density at radius 3 is 2.50 bits per heavy atom. The van der Waals surface area contributed by atoms with Crippen molar-refractivity contribution in [2.24, 2.45) is 0 Å². The molecule has 0 saturated heterocycles. The predicted molar refractivity (Wildman–Crippen MR) is 56.8 cm³/mol. The molecular weight excluding hydrogens is 210 g/mol. The Morgan fingerprint density at radius 1 is 1.50 bits per heavy atom. The quantitative estimate of drug-likeness (QED) is 0.756. The Bertz CT molecular complexity index is 358. The zero-order valence-electron chi connectivity index (χ0n) is 9.78. The summed E-state index contributed by atoms with van der Waals surface area (Å²) in [7, 11) is 0. The van der Waals surface area contributed by atoms with Crippen molar-refractivity contribution in [2.75, 3.05) is 0 Å². The number of aromatic nitrogens is 2. The number of hydrogen-bond donors (Lipinski definition) is 2. The van der Waals surface area contributed by atoms with Crippen molar-refractivity contribution < 1.29 is 14.4 Å². The molecule has 0 aliphatic carbocycles. The van der Waals surface area contributed by atoms with Gasteiger partial charge in [-0.05, 0) is 12.8 Å². The van der Waals surface area contributed by atoms with Crippen LogP contribution in [0.25, 0.3) is 0 Å². The zero-order chi connectivity index (χ0) is 12.2. The SMILES string of the molecule is CCC(CC)(NCc1noc(C)n1)C(=O)O. The van der Waals surface area contributed by atoms with Crippen molar-refractivity contribution >= 4 is 5.97 Å². The van der Waals surface area contributed by atoms with Gasteiger partial charge < -0.3 is 9.63 Å². The van der Waals surface area contributed by atoms with Crippen LogP contribution in [0.4, 0.5) is 0 Å². The van der Waals surface area contributed by atoms with E-state index in [2.05, 4.69) is 15.5 Å². The zero-order valence-corrected chi connectivity index (χ0v) is 9.78. The number of hydrogen-bond acceptors (Lipinski definition) is 5. The van der Waals surface area contributed by atoms with Gasteiger partial charge >= 0.3 is 5.97 Å². The molecule has 0 aromatic carbocycles. The number of nitrogens with zero attached hydrogens (tertiary/aromatic N) is 2. The first-order valence-corrected chi connectivity index (χ1v) is 5.31. The summed E-state index contributed by atoms with van der Waals surface area (Å²) in [6.07, 6.45) is 1.02. The fourth-order valence-electron chi connectivity index (χ4n) is 1.54. The van der Waals surface area contributed by atoms with Gasteiger partial charge in [-0.15, -0.1) is 0 Å². The highest BCUT2D eigenvalue weighted by Crippen LogP contribution is 2.15. The van der Waals surface area contributed by atoms with E-state index in [-0.39, 0.29) is 0 Å². The van der Waals surface area contributed by atoms with Crippen LogP contribution in [0, 0.1) is 6.92 Å². The molecule has 0 radical (unpaired) electrons. The average Bonchev–Trinajstić information content (AvgIpc) is 2.66. The maximum atomic E-state index is 11.2. The van der Waals surface area contributed by atoms with Gasteiger partial charge in [0.1, 0.15) is 5.54 Å². The predicted octanol–water partition coefficient (Wildman–Crippen LogP) is 1.11. The van der Waals surface area contributed by atoms with Gasteiger partial charge in [0.05, 0.1) is 6.54 Å². The summed E-state index contributed by atoms with van der Waals surface area (Å²) >= 11 is 0. The van der Waals surface area contributed by atoms with Crippen LogP contribution in [-0.4, -0.2) is 26.8 Å². The van der Waals surface area contributed by atoms with Crippen LogP contribution in [-0.2, 0) is 11.3 Å². The summed E-state index contributed by atoms with van der Waals surface area (Å²) in [5.41, 5.74) is -0.908. The third-order valence-electron chi connectivity index (χ3n) is 2.77. The molecule has 1 aromatic heterocycles. The van der Waals surface area contributed by atoms with Gasteiger partial charge in [0.25, 0.3) is 0 Å². The van der Waals surface area contributed by atoms with E-state index in [1.165, 1.54) is 0 Å². The number of carboxylic acid groups (broad SMARTS) is 1. The maximum Gasteiger partial charge on any atom is 0.323 e. The van der Waals surface area contributed by atoms with Gasteiger partial charge in [-0.3, -0.25) is 10.1 Å². The van der Waals surface area contributed by atoms with Crippen LogP contribution in [0.5, 0.6) is 0 Å². The summed E-state index contributed by atoms with van der Waals surface area (Å²) in [6.45, 7) is 5.67. The fraction of sp³-hybridized carbons (Fsp3) is 0.700. The summed E-state index contributed by atoms with van der Waals surface area (Å²) in [6, 6.07) is 0. The molecule has 0 bridgehead atoms. The number of aryl methyl sites for hydroxylation is 1. The molecule has 0 aliphatic rings. The average molecular weight is 227 g/mol. The third-order valence-corrected chi connectivity index (χ3v) is 2.77.